The van der Waals surface area contributed by atoms with Crippen LogP contribution in [-0.2, 0) is 6.54 Å². The summed E-state index contributed by atoms with van der Waals surface area (Å²) >= 11 is 6.26. The summed E-state index contributed by atoms with van der Waals surface area (Å²) in [5.74, 6) is 0. The van der Waals surface area contributed by atoms with Crippen LogP contribution in [0.15, 0.2) is 66.5 Å². The fourth-order valence-electron chi connectivity index (χ4n) is 2.90. The third kappa shape index (κ3) is 2.60. The lowest BCUT2D eigenvalue weighted by atomic mass is 10.1. The van der Waals surface area contributed by atoms with E-state index in [4.69, 9.17) is 11.6 Å². The van der Waals surface area contributed by atoms with E-state index in [0.717, 1.165) is 23.8 Å². The van der Waals surface area contributed by atoms with Gasteiger partial charge in [0.05, 0.1) is 18.1 Å². The molecule has 0 aromatic heterocycles. The maximum absolute atomic E-state index is 6.26. The molecule has 0 fully saturated rings. The number of halogens is 2. The average molecular weight is 331 g/mol. The summed E-state index contributed by atoms with van der Waals surface area (Å²) in [6.07, 6.45) is 6.56. The second kappa shape index (κ2) is 6.07. The van der Waals surface area contributed by atoms with Crippen LogP contribution in [0.1, 0.15) is 11.1 Å². The standard InChI is InChI=1S/C18H15ClN2.ClH/c19-17-7-3-1-6-15(17)11-20-12-16-10-9-14-5-2-4-8-18(14)21(16)13-20;/h1-10,12H,11,13H2;1H. The molecule has 0 amide bonds. The molecule has 2 aromatic rings. The zero-order valence-corrected chi connectivity index (χ0v) is 13.5. The van der Waals surface area contributed by atoms with Crippen LogP contribution >= 0.6 is 24.0 Å². The topological polar surface area (TPSA) is 6.48 Å². The molecule has 2 aliphatic heterocycles. The van der Waals surface area contributed by atoms with Gasteiger partial charge in [0.15, 0.2) is 0 Å². The van der Waals surface area contributed by atoms with Gasteiger partial charge in [-0.2, -0.15) is 0 Å². The van der Waals surface area contributed by atoms with Crippen LogP contribution in [-0.4, -0.2) is 11.6 Å². The molecule has 0 saturated heterocycles. The Morgan fingerprint density at radius 2 is 1.73 bits per heavy atom. The largest absolute Gasteiger partial charge is 0.353 e. The first kappa shape index (κ1) is 15.0. The Morgan fingerprint density at radius 1 is 0.955 bits per heavy atom. The molecule has 0 N–H and O–H groups in total. The van der Waals surface area contributed by atoms with Crippen LogP contribution in [0.25, 0.3) is 6.08 Å². The highest BCUT2D eigenvalue weighted by Crippen LogP contribution is 2.34. The molecule has 0 aliphatic carbocycles. The lowest BCUT2D eigenvalue weighted by Crippen LogP contribution is -2.27. The van der Waals surface area contributed by atoms with Crippen molar-refractivity contribution in [1.82, 2.24) is 4.90 Å². The molecular weight excluding hydrogens is 315 g/mol. The van der Waals surface area contributed by atoms with E-state index >= 15 is 0 Å². The highest BCUT2D eigenvalue weighted by atomic mass is 35.5. The Balaban J connectivity index is 0.00000144. The van der Waals surface area contributed by atoms with Gasteiger partial charge in [-0.15, -0.1) is 12.4 Å². The molecule has 2 heterocycles. The number of nitrogens with zero attached hydrogens (tertiary/aromatic N) is 2. The molecule has 0 atom stereocenters. The van der Waals surface area contributed by atoms with E-state index in [2.05, 4.69) is 58.5 Å². The van der Waals surface area contributed by atoms with Crippen molar-refractivity contribution in [2.24, 2.45) is 0 Å². The van der Waals surface area contributed by atoms with Crippen molar-refractivity contribution in [2.75, 3.05) is 11.6 Å². The molecule has 0 spiro atoms. The smallest absolute Gasteiger partial charge is 0.0951 e. The number of para-hydroxylation sites is 1. The highest BCUT2D eigenvalue weighted by molar-refractivity contribution is 6.31. The van der Waals surface area contributed by atoms with Crippen LogP contribution in [0.4, 0.5) is 5.69 Å². The van der Waals surface area contributed by atoms with Crippen molar-refractivity contribution in [3.05, 3.63) is 82.7 Å². The summed E-state index contributed by atoms with van der Waals surface area (Å²) in [5.41, 5.74) is 4.94. The lowest BCUT2D eigenvalue weighted by molar-refractivity contribution is 0.400. The van der Waals surface area contributed by atoms with Gasteiger partial charge in [-0.3, -0.25) is 0 Å². The normalized spacial score (nSPS) is 15.0. The second-order valence-corrected chi connectivity index (χ2v) is 5.76. The Morgan fingerprint density at radius 3 is 2.59 bits per heavy atom. The summed E-state index contributed by atoms with van der Waals surface area (Å²) < 4.78 is 0. The summed E-state index contributed by atoms with van der Waals surface area (Å²) in [7, 11) is 0. The van der Waals surface area contributed by atoms with Crippen molar-refractivity contribution in [2.45, 2.75) is 6.54 Å². The van der Waals surface area contributed by atoms with Gasteiger partial charge in [0.2, 0.25) is 0 Å². The van der Waals surface area contributed by atoms with Crippen LogP contribution in [0.3, 0.4) is 0 Å². The fourth-order valence-corrected chi connectivity index (χ4v) is 3.10. The number of benzene rings is 2. The molecule has 4 heteroatoms. The highest BCUT2D eigenvalue weighted by Gasteiger charge is 2.24. The van der Waals surface area contributed by atoms with Crippen LogP contribution in [0.2, 0.25) is 5.02 Å². The minimum Gasteiger partial charge on any atom is -0.353 e. The van der Waals surface area contributed by atoms with E-state index in [-0.39, 0.29) is 12.4 Å². The predicted octanol–water partition coefficient (Wildman–Crippen LogP) is 4.91. The third-order valence-corrected chi connectivity index (χ3v) is 4.31. The molecule has 22 heavy (non-hydrogen) atoms. The average Bonchev–Trinajstić information content (AvgIpc) is 2.93. The summed E-state index contributed by atoms with van der Waals surface area (Å²) in [5, 5.41) is 0.830. The number of rotatable bonds is 2. The minimum atomic E-state index is 0. The molecule has 0 radical (unpaired) electrons. The van der Waals surface area contributed by atoms with Gasteiger partial charge in [0, 0.05) is 17.8 Å². The third-order valence-electron chi connectivity index (χ3n) is 3.94. The van der Waals surface area contributed by atoms with Gasteiger partial charge in [0.25, 0.3) is 0 Å². The summed E-state index contributed by atoms with van der Waals surface area (Å²) in [6.45, 7) is 1.69. The van der Waals surface area contributed by atoms with Gasteiger partial charge in [-0.25, -0.2) is 0 Å². The van der Waals surface area contributed by atoms with E-state index in [9.17, 15) is 0 Å². The van der Waals surface area contributed by atoms with Crippen LogP contribution in [0.5, 0.6) is 0 Å². The fraction of sp³-hybridized carbons (Fsp3) is 0.111. The van der Waals surface area contributed by atoms with Crippen molar-refractivity contribution in [1.29, 1.82) is 0 Å². The SMILES string of the molecule is Cl.Clc1ccccc1CN1C=C2C=Cc3ccccc3N2C1. The van der Waals surface area contributed by atoms with Gasteiger partial charge >= 0.3 is 0 Å². The first-order valence-corrected chi connectivity index (χ1v) is 7.43. The van der Waals surface area contributed by atoms with Crippen molar-refractivity contribution < 1.29 is 0 Å². The molecule has 0 bridgehead atoms. The van der Waals surface area contributed by atoms with E-state index in [0.29, 0.717) is 0 Å². The predicted molar refractivity (Wildman–Crippen MR) is 95.1 cm³/mol. The number of allylic oxidation sites excluding steroid dienone is 1. The van der Waals surface area contributed by atoms with Gasteiger partial charge in [0.1, 0.15) is 0 Å². The summed E-state index contributed by atoms with van der Waals surface area (Å²) in [4.78, 5) is 4.63. The van der Waals surface area contributed by atoms with Gasteiger partial charge in [-0.05, 0) is 29.3 Å². The molecule has 112 valence electrons. The first-order chi connectivity index (χ1) is 10.3. The number of hydrogen-bond donors (Lipinski definition) is 0. The van der Waals surface area contributed by atoms with E-state index in [1.165, 1.54) is 16.9 Å². The van der Waals surface area contributed by atoms with Gasteiger partial charge in [-0.1, -0.05) is 54.1 Å². The lowest BCUT2D eigenvalue weighted by Gasteiger charge is -2.27. The molecule has 0 unspecified atom stereocenters. The molecule has 2 aliphatic rings. The maximum atomic E-state index is 6.26. The maximum Gasteiger partial charge on any atom is 0.0951 e. The summed E-state index contributed by atoms with van der Waals surface area (Å²) in [6, 6.07) is 16.5. The number of anilines is 1. The molecule has 2 nitrogen and oxygen atoms in total. The van der Waals surface area contributed by atoms with Crippen LogP contribution < -0.4 is 4.90 Å². The van der Waals surface area contributed by atoms with E-state index < -0.39 is 0 Å². The van der Waals surface area contributed by atoms with Crippen molar-refractivity contribution in [3.8, 4) is 0 Å². The number of hydrogen-bond acceptors (Lipinski definition) is 2. The zero-order valence-electron chi connectivity index (χ0n) is 11.9. The van der Waals surface area contributed by atoms with E-state index in [1.54, 1.807) is 0 Å². The molecular formula is C18H16Cl2N2. The molecule has 2 aromatic carbocycles. The Labute approximate surface area is 141 Å². The van der Waals surface area contributed by atoms with Crippen molar-refractivity contribution in [3.63, 3.8) is 0 Å². The van der Waals surface area contributed by atoms with Crippen molar-refractivity contribution >= 4 is 35.8 Å². The zero-order chi connectivity index (χ0) is 14.2. The Kier molecular flexibility index (Phi) is 4.14. The first-order valence-electron chi connectivity index (χ1n) is 7.05. The van der Waals surface area contributed by atoms with E-state index in [1.807, 2.05) is 18.2 Å². The quantitative estimate of drug-likeness (QED) is 0.771. The van der Waals surface area contributed by atoms with Crippen LogP contribution in [0, 0.1) is 0 Å². The number of fused-ring (bicyclic) bond motifs is 3. The Bertz CT molecular complexity index is 752. The Hall–Kier alpha value is -1.90. The molecule has 4 rings (SSSR count). The molecule has 0 saturated carbocycles. The van der Waals surface area contributed by atoms with Gasteiger partial charge < -0.3 is 9.80 Å². The second-order valence-electron chi connectivity index (χ2n) is 5.35. The monoisotopic (exact) mass is 330 g/mol. The minimum absolute atomic E-state index is 0.